The van der Waals surface area contributed by atoms with Crippen LogP contribution in [0, 0.1) is 0 Å². The number of aliphatic carboxylic acids is 1. The average molecular weight is 188 g/mol. The number of hydrogen-bond donors (Lipinski definition) is 3. The van der Waals surface area contributed by atoms with Crippen molar-refractivity contribution in [1.29, 1.82) is 0 Å². The summed E-state index contributed by atoms with van der Waals surface area (Å²) in [5.74, 6) is -1.13. The highest BCUT2D eigenvalue weighted by Gasteiger charge is 2.05. The molecule has 0 rings (SSSR count). The van der Waals surface area contributed by atoms with E-state index in [9.17, 15) is 9.59 Å². The number of carbonyl (C=O) groups excluding carboxylic acids is 1. The van der Waals surface area contributed by atoms with Gasteiger partial charge in [0.05, 0.1) is 13.1 Å². The maximum Gasteiger partial charge on any atom is 0.317 e. The largest absolute Gasteiger partial charge is 0.480 e. The highest BCUT2D eigenvalue weighted by Crippen LogP contribution is 1.86. The van der Waals surface area contributed by atoms with Gasteiger partial charge in [0.2, 0.25) is 5.91 Å². The van der Waals surface area contributed by atoms with E-state index in [4.69, 9.17) is 5.11 Å². The van der Waals surface area contributed by atoms with Gasteiger partial charge in [-0.25, -0.2) is 0 Å². The normalized spacial score (nSPS) is 12.2. The van der Waals surface area contributed by atoms with Gasteiger partial charge in [0, 0.05) is 6.04 Å². The molecule has 5 heteroatoms. The molecular weight excluding hydrogens is 172 g/mol. The van der Waals surface area contributed by atoms with Gasteiger partial charge in [-0.3, -0.25) is 14.9 Å². The zero-order valence-corrected chi connectivity index (χ0v) is 7.96. The molecular formula is C8H16N2O3. The van der Waals surface area contributed by atoms with E-state index in [0.29, 0.717) is 0 Å². The summed E-state index contributed by atoms with van der Waals surface area (Å²) in [5.41, 5.74) is 0. The van der Waals surface area contributed by atoms with Gasteiger partial charge >= 0.3 is 5.97 Å². The first-order valence-electron chi connectivity index (χ1n) is 4.28. The second kappa shape index (κ2) is 6.42. The number of hydrogen-bond acceptors (Lipinski definition) is 3. The van der Waals surface area contributed by atoms with Crippen LogP contribution in [0.3, 0.4) is 0 Å². The van der Waals surface area contributed by atoms with Gasteiger partial charge < -0.3 is 10.4 Å². The number of nitrogens with one attached hydrogen (secondary N) is 2. The van der Waals surface area contributed by atoms with Crippen molar-refractivity contribution in [2.45, 2.75) is 26.3 Å². The maximum absolute atomic E-state index is 11.0. The van der Waals surface area contributed by atoms with E-state index >= 15 is 0 Å². The standard InChI is InChI=1S/C8H16N2O3/c1-3-6(2)10-7(11)4-9-5-8(12)13/h6,9H,3-5H2,1-2H3,(H,10,11)(H,12,13). The molecule has 1 amide bonds. The summed E-state index contributed by atoms with van der Waals surface area (Å²) in [5, 5.41) is 13.5. The van der Waals surface area contributed by atoms with Crippen LogP contribution in [0.2, 0.25) is 0 Å². The molecule has 3 N–H and O–H groups in total. The molecule has 0 heterocycles. The van der Waals surface area contributed by atoms with Crippen molar-refractivity contribution in [3.05, 3.63) is 0 Å². The summed E-state index contributed by atoms with van der Waals surface area (Å²) in [6.45, 7) is 3.73. The van der Waals surface area contributed by atoms with E-state index in [-0.39, 0.29) is 25.0 Å². The Morgan fingerprint density at radius 1 is 1.38 bits per heavy atom. The predicted octanol–water partition coefficient (Wildman–Crippen LogP) is -0.425. The van der Waals surface area contributed by atoms with Crippen molar-refractivity contribution in [2.24, 2.45) is 0 Å². The van der Waals surface area contributed by atoms with Gasteiger partial charge in [0.25, 0.3) is 0 Å². The van der Waals surface area contributed by atoms with E-state index in [1.807, 2.05) is 13.8 Å². The Balaban J connectivity index is 3.46. The summed E-state index contributed by atoms with van der Waals surface area (Å²) in [4.78, 5) is 21.1. The Bertz CT molecular complexity index is 182. The zero-order chi connectivity index (χ0) is 10.3. The summed E-state index contributed by atoms with van der Waals surface area (Å²) >= 11 is 0. The fourth-order valence-corrected chi connectivity index (χ4v) is 0.711. The zero-order valence-electron chi connectivity index (χ0n) is 7.96. The van der Waals surface area contributed by atoms with Crippen LogP contribution in [0.15, 0.2) is 0 Å². The van der Waals surface area contributed by atoms with Crippen LogP contribution in [0.25, 0.3) is 0 Å². The van der Waals surface area contributed by atoms with Crippen molar-refractivity contribution in [2.75, 3.05) is 13.1 Å². The third kappa shape index (κ3) is 7.27. The van der Waals surface area contributed by atoms with Gasteiger partial charge in [-0.2, -0.15) is 0 Å². The van der Waals surface area contributed by atoms with Gasteiger partial charge in [0.1, 0.15) is 0 Å². The van der Waals surface area contributed by atoms with Crippen molar-refractivity contribution in [1.82, 2.24) is 10.6 Å². The first kappa shape index (κ1) is 11.9. The second-order valence-electron chi connectivity index (χ2n) is 2.87. The topological polar surface area (TPSA) is 78.4 Å². The molecule has 0 fully saturated rings. The number of carboxylic acids is 1. The second-order valence-corrected chi connectivity index (χ2v) is 2.87. The maximum atomic E-state index is 11.0. The Morgan fingerprint density at radius 3 is 2.46 bits per heavy atom. The third-order valence-electron chi connectivity index (χ3n) is 1.58. The van der Waals surface area contributed by atoms with Crippen LogP contribution in [0.5, 0.6) is 0 Å². The highest BCUT2D eigenvalue weighted by atomic mass is 16.4. The molecule has 0 aromatic carbocycles. The van der Waals surface area contributed by atoms with Crippen LogP contribution >= 0.6 is 0 Å². The van der Waals surface area contributed by atoms with Crippen LogP contribution in [-0.2, 0) is 9.59 Å². The van der Waals surface area contributed by atoms with Crippen LogP contribution in [0.1, 0.15) is 20.3 Å². The minimum absolute atomic E-state index is 0.0522. The lowest BCUT2D eigenvalue weighted by molar-refractivity contribution is -0.136. The summed E-state index contributed by atoms with van der Waals surface area (Å²) in [6.07, 6.45) is 0.866. The molecule has 0 aliphatic carbocycles. The lowest BCUT2D eigenvalue weighted by Gasteiger charge is -2.10. The fourth-order valence-electron chi connectivity index (χ4n) is 0.711. The van der Waals surface area contributed by atoms with Gasteiger partial charge in [0.15, 0.2) is 0 Å². The van der Waals surface area contributed by atoms with E-state index in [0.717, 1.165) is 6.42 Å². The van der Waals surface area contributed by atoms with Gasteiger partial charge in [-0.1, -0.05) is 6.92 Å². The molecule has 76 valence electrons. The smallest absolute Gasteiger partial charge is 0.317 e. The van der Waals surface area contributed by atoms with E-state index in [1.54, 1.807) is 0 Å². The van der Waals surface area contributed by atoms with Crippen molar-refractivity contribution in [3.63, 3.8) is 0 Å². The van der Waals surface area contributed by atoms with Crippen molar-refractivity contribution >= 4 is 11.9 Å². The third-order valence-corrected chi connectivity index (χ3v) is 1.58. The van der Waals surface area contributed by atoms with Crippen LogP contribution < -0.4 is 10.6 Å². The molecule has 0 aliphatic rings. The molecule has 0 spiro atoms. The summed E-state index contributed by atoms with van der Waals surface area (Å²) < 4.78 is 0. The van der Waals surface area contributed by atoms with E-state index in [2.05, 4.69) is 10.6 Å². The Kier molecular flexibility index (Phi) is 5.88. The SMILES string of the molecule is CCC(C)NC(=O)CNCC(=O)O. The molecule has 0 aromatic heterocycles. The van der Waals surface area contributed by atoms with E-state index < -0.39 is 5.97 Å². The van der Waals surface area contributed by atoms with Gasteiger partial charge in [-0.05, 0) is 13.3 Å². The number of rotatable bonds is 6. The molecule has 1 unspecified atom stereocenters. The minimum Gasteiger partial charge on any atom is -0.480 e. The average Bonchev–Trinajstić information content (AvgIpc) is 2.03. The molecule has 1 atom stereocenters. The minimum atomic E-state index is -0.962. The fraction of sp³-hybridized carbons (Fsp3) is 0.750. The summed E-state index contributed by atoms with van der Waals surface area (Å²) in [7, 11) is 0. The van der Waals surface area contributed by atoms with Gasteiger partial charge in [-0.15, -0.1) is 0 Å². The first-order valence-corrected chi connectivity index (χ1v) is 4.28. The predicted molar refractivity (Wildman–Crippen MR) is 48.4 cm³/mol. The van der Waals surface area contributed by atoms with E-state index in [1.165, 1.54) is 0 Å². The van der Waals surface area contributed by atoms with Crippen LogP contribution in [0.4, 0.5) is 0 Å². The Morgan fingerprint density at radius 2 is 2.00 bits per heavy atom. The Labute approximate surface area is 77.5 Å². The van der Waals surface area contributed by atoms with Crippen LogP contribution in [-0.4, -0.2) is 36.1 Å². The molecule has 0 radical (unpaired) electrons. The molecule has 5 nitrogen and oxygen atoms in total. The molecule has 0 aromatic rings. The Hall–Kier alpha value is -1.10. The number of carbonyl (C=O) groups is 2. The number of carboxylic acid groups (broad SMARTS) is 1. The first-order chi connectivity index (χ1) is 6.06. The quantitative estimate of drug-likeness (QED) is 0.529. The van der Waals surface area contributed by atoms with Crippen molar-refractivity contribution in [3.8, 4) is 0 Å². The molecule has 0 aliphatic heterocycles. The molecule has 13 heavy (non-hydrogen) atoms. The van der Waals surface area contributed by atoms with Crippen molar-refractivity contribution < 1.29 is 14.7 Å². The monoisotopic (exact) mass is 188 g/mol. The molecule has 0 bridgehead atoms. The molecule has 0 saturated carbocycles. The lowest BCUT2D eigenvalue weighted by atomic mass is 10.2. The lowest BCUT2D eigenvalue weighted by Crippen LogP contribution is -2.40. The number of amides is 1. The molecule has 0 saturated heterocycles. The summed E-state index contributed by atoms with van der Waals surface area (Å²) in [6, 6.07) is 0.138. The highest BCUT2D eigenvalue weighted by molar-refractivity contribution is 5.79.